The topological polar surface area (TPSA) is 141 Å². The SMILES string of the molecule is C[C@@H]1C(C#N)(C#N)C(C#N)=C(N)[C@@]1(C)[N+](=O)[O-]. The molecule has 0 amide bonds. The molecule has 2 N–H and O–H groups in total. The van der Waals surface area contributed by atoms with Crippen LogP contribution in [-0.4, -0.2) is 10.5 Å². The molecule has 0 unspecified atom stereocenters. The highest BCUT2D eigenvalue weighted by atomic mass is 16.6. The van der Waals surface area contributed by atoms with E-state index in [1.54, 1.807) is 18.2 Å². The highest BCUT2D eigenvalue weighted by Gasteiger charge is 2.66. The normalized spacial score (nSPS) is 30.2. The van der Waals surface area contributed by atoms with Crippen LogP contribution in [0.5, 0.6) is 0 Å². The van der Waals surface area contributed by atoms with Crippen molar-refractivity contribution in [2.45, 2.75) is 19.4 Å². The highest BCUT2D eigenvalue weighted by Crippen LogP contribution is 2.51. The van der Waals surface area contributed by atoms with Crippen LogP contribution in [0.25, 0.3) is 0 Å². The van der Waals surface area contributed by atoms with E-state index in [9.17, 15) is 10.1 Å². The summed E-state index contributed by atoms with van der Waals surface area (Å²) in [6.07, 6.45) is 0. The quantitative estimate of drug-likeness (QED) is 0.512. The standard InChI is InChI=1S/C10H9N5O2/c1-6-9(2,15(16)17)8(14)7(3-11)10(6,4-12)5-13/h6H,14H2,1-2H3/t6-,9-/m0/s1. The average molecular weight is 231 g/mol. The zero-order valence-corrected chi connectivity index (χ0v) is 9.26. The number of allylic oxidation sites excluding steroid dienone is 1. The summed E-state index contributed by atoms with van der Waals surface area (Å²) in [5.41, 5.74) is 1.37. The molecule has 1 aliphatic rings. The van der Waals surface area contributed by atoms with Crippen LogP contribution in [0.4, 0.5) is 0 Å². The van der Waals surface area contributed by atoms with Gasteiger partial charge in [-0.1, -0.05) is 6.92 Å². The Balaban J connectivity index is 3.70. The number of nitrogens with zero attached hydrogens (tertiary/aromatic N) is 4. The van der Waals surface area contributed by atoms with Crippen molar-refractivity contribution in [3.05, 3.63) is 21.4 Å². The Morgan fingerprint density at radius 1 is 1.41 bits per heavy atom. The van der Waals surface area contributed by atoms with Gasteiger partial charge in [0.05, 0.1) is 29.7 Å². The fraction of sp³-hybridized carbons (Fsp3) is 0.500. The van der Waals surface area contributed by atoms with Crippen LogP contribution in [0.1, 0.15) is 13.8 Å². The van der Waals surface area contributed by atoms with Gasteiger partial charge < -0.3 is 5.73 Å². The van der Waals surface area contributed by atoms with Crippen LogP contribution in [0.2, 0.25) is 0 Å². The Hall–Kier alpha value is -2.59. The third-order valence-corrected chi connectivity index (χ3v) is 3.55. The number of rotatable bonds is 1. The van der Waals surface area contributed by atoms with E-state index in [1.165, 1.54) is 13.8 Å². The van der Waals surface area contributed by atoms with Gasteiger partial charge in [-0.2, -0.15) is 15.8 Å². The molecule has 0 bridgehead atoms. The van der Waals surface area contributed by atoms with E-state index in [0.717, 1.165) is 0 Å². The Bertz CT molecular complexity index is 531. The molecule has 0 spiro atoms. The lowest BCUT2D eigenvalue weighted by Crippen LogP contribution is -2.46. The number of nitrogens with two attached hydrogens (primary N) is 1. The predicted molar refractivity (Wildman–Crippen MR) is 55.0 cm³/mol. The van der Waals surface area contributed by atoms with Crippen molar-refractivity contribution in [3.63, 3.8) is 0 Å². The maximum Gasteiger partial charge on any atom is 0.264 e. The lowest BCUT2D eigenvalue weighted by atomic mass is 9.73. The molecular formula is C10H9N5O2. The van der Waals surface area contributed by atoms with Gasteiger partial charge in [-0.3, -0.25) is 10.1 Å². The molecule has 17 heavy (non-hydrogen) atoms. The van der Waals surface area contributed by atoms with Crippen LogP contribution in [0, 0.1) is 55.4 Å². The summed E-state index contributed by atoms with van der Waals surface area (Å²) in [7, 11) is 0. The molecule has 0 aromatic rings. The van der Waals surface area contributed by atoms with Crippen molar-refractivity contribution >= 4 is 0 Å². The second-order valence-corrected chi connectivity index (χ2v) is 4.06. The first-order chi connectivity index (χ1) is 7.82. The molecule has 0 heterocycles. The molecule has 86 valence electrons. The number of nitriles is 3. The van der Waals surface area contributed by atoms with Gasteiger partial charge in [0.2, 0.25) is 0 Å². The smallest absolute Gasteiger partial charge is 0.264 e. The van der Waals surface area contributed by atoms with E-state index in [2.05, 4.69) is 0 Å². The fourth-order valence-electron chi connectivity index (χ4n) is 2.07. The summed E-state index contributed by atoms with van der Waals surface area (Å²) in [4.78, 5) is 10.4. The van der Waals surface area contributed by atoms with Crippen molar-refractivity contribution in [3.8, 4) is 18.2 Å². The first-order valence-corrected chi connectivity index (χ1v) is 4.70. The summed E-state index contributed by atoms with van der Waals surface area (Å²) in [6.45, 7) is 2.60. The molecule has 2 atom stereocenters. The first kappa shape index (κ1) is 12.5. The van der Waals surface area contributed by atoms with Gasteiger partial charge in [-0.25, -0.2) is 0 Å². The first-order valence-electron chi connectivity index (χ1n) is 4.70. The Labute approximate surface area is 97.5 Å². The summed E-state index contributed by atoms with van der Waals surface area (Å²) < 4.78 is 0. The van der Waals surface area contributed by atoms with Crippen LogP contribution in [0.3, 0.4) is 0 Å². The second kappa shape index (κ2) is 3.47. The van der Waals surface area contributed by atoms with Crippen molar-refractivity contribution in [1.82, 2.24) is 0 Å². The minimum absolute atomic E-state index is 0.305. The third kappa shape index (κ3) is 1.12. The molecule has 1 aliphatic carbocycles. The molecule has 0 fully saturated rings. The van der Waals surface area contributed by atoms with Crippen molar-refractivity contribution in [2.24, 2.45) is 17.1 Å². The molecular weight excluding hydrogens is 222 g/mol. The molecule has 7 nitrogen and oxygen atoms in total. The minimum Gasteiger partial charge on any atom is -0.395 e. The summed E-state index contributed by atoms with van der Waals surface area (Å²) in [5.74, 6) is -0.991. The van der Waals surface area contributed by atoms with Crippen LogP contribution < -0.4 is 5.73 Å². The average Bonchev–Trinajstić information content (AvgIpc) is 2.48. The van der Waals surface area contributed by atoms with Crippen molar-refractivity contribution < 1.29 is 4.92 Å². The van der Waals surface area contributed by atoms with Gasteiger partial charge in [-0.05, 0) is 0 Å². The predicted octanol–water partition coefficient (Wildman–Crippen LogP) is 0.441. The molecule has 0 aliphatic heterocycles. The fourth-order valence-corrected chi connectivity index (χ4v) is 2.07. The van der Waals surface area contributed by atoms with Crippen molar-refractivity contribution in [1.29, 1.82) is 15.8 Å². The lowest BCUT2D eigenvalue weighted by Gasteiger charge is -2.25. The van der Waals surface area contributed by atoms with Gasteiger partial charge in [0, 0.05) is 11.8 Å². The van der Waals surface area contributed by atoms with Crippen molar-refractivity contribution in [2.75, 3.05) is 0 Å². The Kier molecular flexibility index (Phi) is 2.54. The zero-order valence-electron chi connectivity index (χ0n) is 9.26. The zero-order chi connectivity index (χ0) is 13.4. The van der Waals surface area contributed by atoms with Crippen LogP contribution >= 0.6 is 0 Å². The summed E-state index contributed by atoms with van der Waals surface area (Å²) in [5, 5.41) is 38.2. The van der Waals surface area contributed by atoms with Gasteiger partial charge in [0.25, 0.3) is 5.54 Å². The van der Waals surface area contributed by atoms with Gasteiger partial charge in [0.1, 0.15) is 5.70 Å². The number of hydrogen-bond acceptors (Lipinski definition) is 6. The third-order valence-electron chi connectivity index (χ3n) is 3.55. The van der Waals surface area contributed by atoms with Crippen LogP contribution in [-0.2, 0) is 0 Å². The molecule has 7 heteroatoms. The van der Waals surface area contributed by atoms with E-state index in [1.807, 2.05) is 0 Å². The summed E-state index contributed by atoms with van der Waals surface area (Å²) in [6, 6.07) is 5.04. The monoisotopic (exact) mass is 231 g/mol. The largest absolute Gasteiger partial charge is 0.395 e. The second-order valence-electron chi connectivity index (χ2n) is 4.06. The Morgan fingerprint density at radius 3 is 2.12 bits per heavy atom. The lowest BCUT2D eigenvalue weighted by molar-refractivity contribution is -0.563. The van der Waals surface area contributed by atoms with E-state index < -0.39 is 21.8 Å². The van der Waals surface area contributed by atoms with Gasteiger partial charge >= 0.3 is 0 Å². The summed E-state index contributed by atoms with van der Waals surface area (Å²) >= 11 is 0. The maximum atomic E-state index is 11.1. The number of nitro groups is 1. The Morgan fingerprint density at radius 2 is 1.88 bits per heavy atom. The molecule has 0 aromatic carbocycles. The van der Waals surface area contributed by atoms with E-state index >= 15 is 0 Å². The molecule has 1 rings (SSSR count). The van der Waals surface area contributed by atoms with Gasteiger partial charge in [0.15, 0.2) is 5.41 Å². The van der Waals surface area contributed by atoms with Gasteiger partial charge in [-0.15, -0.1) is 0 Å². The van der Waals surface area contributed by atoms with E-state index in [4.69, 9.17) is 21.5 Å². The maximum absolute atomic E-state index is 11.1. The molecule has 0 saturated heterocycles. The molecule has 0 radical (unpaired) electrons. The number of hydrogen-bond donors (Lipinski definition) is 1. The minimum atomic E-state index is -1.85. The van der Waals surface area contributed by atoms with E-state index in [0.29, 0.717) is 0 Å². The van der Waals surface area contributed by atoms with Crippen LogP contribution in [0.15, 0.2) is 11.3 Å². The van der Waals surface area contributed by atoms with E-state index in [-0.39, 0.29) is 11.3 Å². The molecule has 0 saturated carbocycles. The molecule has 0 aromatic heterocycles. The highest BCUT2D eigenvalue weighted by molar-refractivity contribution is 5.53.